The summed E-state index contributed by atoms with van der Waals surface area (Å²) in [5, 5.41) is 11.2. The largest absolute Gasteiger partial charge is 0.481 e. The van der Waals surface area contributed by atoms with E-state index in [9.17, 15) is 9.59 Å². The summed E-state index contributed by atoms with van der Waals surface area (Å²) in [6.45, 7) is 3.51. The summed E-state index contributed by atoms with van der Waals surface area (Å²) in [4.78, 5) is 44.9. The number of fused-ring (bicyclic) bond motifs is 5. The van der Waals surface area contributed by atoms with Crippen LogP contribution in [0, 0.1) is 31.0 Å². The summed E-state index contributed by atoms with van der Waals surface area (Å²) in [5.41, 5.74) is 1.46. The molecule has 1 amide bonds. The Kier molecular flexibility index (Phi) is 9.02. The lowest BCUT2D eigenvalue weighted by Crippen LogP contribution is -2.56. The van der Waals surface area contributed by atoms with Gasteiger partial charge >= 0.3 is 12.0 Å². The predicted molar refractivity (Wildman–Crippen MR) is 189 cm³/mol. The molecule has 10 nitrogen and oxygen atoms in total. The minimum Gasteiger partial charge on any atom is -0.481 e. The molecule has 50 heavy (non-hydrogen) atoms. The van der Waals surface area contributed by atoms with Crippen LogP contribution in [0.15, 0.2) is 42.6 Å². The summed E-state index contributed by atoms with van der Waals surface area (Å²) in [7, 11) is 0. The number of aromatic nitrogens is 3. The number of rotatable bonds is 8. The van der Waals surface area contributed by atoms with Crippen molar-refractivity contribution in [3.05, 3.63) is 54.0 Å². The molecule has 0 radical (unpaired) electrons. The van der Waals surface area contributed by atoms with Crippen LogP contribution in [0.1, 0.15) is 56.9 Å². The molecule has 4 aliphatic rings. The van der Waals surface area contributed by atoms with Crippen molar-refractivity contribution in [2.24, 2.45) is 0 Å². The van der Waals surface area contributed by atoms with E-state index in [0.717, 1.165) is 62.4 Å². The fourth-order valence-corrected chi connectivity index (χ4v) is 8.66. The number of terminal acetylenes is 2. The second kappa shape index (κ2) is 13.6. The number of carbonyl (C=O) groups excluding carboxylic acids is 1. The van der Waals surface area contributed by atoms with Crippen LogP contribution in [0.3, 0.4) is 0 Å². The number of carbonyl (C=O) groups is 2. The maximum Gasteiger partial charge on any atom is 0.319 e. The third-order valence-corrected chi connectivity index (χ3v) is 10.9. The number of aliphatic carboxylic acids is 1. The van der Waals surface area contributed by atoms with Crippen LogP contribution in [-0.4, -0.2) is 92.1 Å². The van der Waals surface area contributed by atoms with Crippen molar-refractivity contribution >= 4 is 39.4 Å². The van der Waals surface area contributed by atoms with E-state index in [1.54, 1.807) is 6.20 Å². The number of nitrogens with zero attached hydrogens (tertiary/aromatic N) is 6. The van der Waals surface area contributed by atoms with E-state index in [4.69, 9.17) is 26.2 Å². The van der Waals surface area contributed by atoms with Gasteiger partial charge in [-0.1, -0.05) is 36.3 Å². The maximum absolute atomic E-state index is 16.9. The Bertz CT molecular complexity index is 2010. The minimum atomic E-state index is -0.986. The van der Waals surface area contributed by atoms with Gasteiger partial charge in [-0.3, -0.25) is 19.5 Å². The molecule has 4 aliphatic heterocycles. The highest BCUT2D eigenvalue weighted by atomic mass is 19.1. The van der Waals surface area contributed by atoms with Crippen LogP contribution < -0.4 is 9.64 Å². The third kappa shape index (κ3) is 5.76. The molecule has 8 rings (SSSR count). The zero-order valence-electron chi connectivity index (χ0n) is 27.9. The normalized spacial score (nSPS) is 20.7. The van der Waals surface area contributed by atoms with Crippen molar-refractivity contribution in [2.75, 3.05) is 37.7 Å². The number of hydrogen-bond donors (Lipinski definition) is 1. The van der Waals surface area contributed by atoms with Gasteiger partial charge in [0, 0.05) is 54.3 Å². The first-order valence-corrected chi connectivity index (χ1v) is 17.2. The molecule has 2 aromatic carbocycles. The number of benzene rings is 2. The Morgan fingerprint density at radius 3 is 2.40 bits per heavy atom. The average molecular weight is 675 g/mol. The second-order valence-electron chi connectivity index (χ2n) is 13.6. The second-order valence-corrected chi connectivity index (χ2v) is 13.6. The van der Waals surface area contributed by atoms with Gasteiger partial charge in [0.2, 0.25) is 5.91 Å². The van der Waals surface area contributed by atoms with E-state index in [1.807, 2.05) is 41.3 Å². The van der Waals surface area contributed by atoms with Crippen LogP contribution in [-0.2, 0) is 9.59 Å². The number of halogens is 1. The molecule has 0 saturated carbocycles. The van der Waals surface area contributed by atoms with Gasteiger partial charge in [-0.25, -0.2) is 4.39 Å². The van der Waals surface area contributed by atoms with E-state index in [-0.39, 0.29) is 53.6 Å². The van der Waals surface area contributed by atoms with Crippen molar-refractivity contribution in [3.8, 4) is 42.5 Å². The maximum atomic E-state index is 16.9. The zero-order valence-corrected chi connectivity index (χ0v) is 27.9. The number of hydrogen-bond acceptors (Lipinski definition) is 8. The molecule has 11 heteroatoms. The first-order valence-electron chi connectivity index (χ1n) is 17.2. The molecule has 4 fully saturated rings. The number of carboxylic acids is 1. The first kappa shape index (κ1) is 33.2. The van der Waals surface area contributed by atoms with E-state index in [0.29, 0.717) is 42.0 Å². The third-order valence-electron chi connectivity index (χ3n) is 10.9. The number of pyridine rings is 1. The molecule has 2 bridgehead atoms. The zero-order chi connectivity index (χ0) is 35.0. The lowest BCUT2D eigenvalue weighted by molar-refractivity contribution is -0.142. The quantitative estimate of drug-likeness (QED) is 0.250. The fourth-order valence-electron chi connectivity index (χ4n) is 8.66. The highest BCUT2D eigenvalue weighted by molar-refractivity contribution is 6.02. The molecule has 2 atom stereocenters. The molecular weight excluding hydrogens is 635 g/mol. The number of amides is 1. The van der Waals surface area contributed by atoms with Crippen molar-refractivity contribution in [1.29, 1.82) is 0 Å². The average Bonchev–Trinajstić information content (AvgIpc) is 3.80. The lowest BCUT2D eigenvalue weighted by Gasteiger charge is -2.42. The Balaban J connectivity index is 0.00000193. The molecule has 1 N–H and O–H groups in total. The molecule has 0 spiro atoms. The topological polar surface area (TPSA) is 112 Å². The first-order chi connectivity index (χ1) is 24.3. The Morgan fingerprint density at radius 1 is 1.02 bits per heavy atom. The van der Waals surface area contributed by atoms with Crippen LogP contribution in [0.25, 0.3) is 32.9 Å². The van der Waals surface area contributed by atoms with Gasteiger partial charge in [0.1, 0.15) is 23.6 Å². The Morgan fingerprint density at radius 2 is 1.72 bits per heavy atom. The van der Waals surface area contributed by atoms with Gasteiger partial charge < -0.3 is 19.6 Å². The van der Waals surface area contributed by atoms with Crippen LogP contribution in [0.4, 0.5) is 10.2 Å². The van der Waals surface area contributed by atoms with Gasteiger partial charge in [0.05, 0.1) is 17.3 Å². The summed E-state index contributed by atoms with van der Waals surface area (Å²) in [6, 6.07) is 11.2. The monoisotopic (exact) mass is 674 g/mol. The number of anilines is 1. The molecule has 4 aromatic rings. The molecule has 2 aromatic heterocycles. The van der Waals surface area contributed by atoms with Crippen molar-refractivity contribution in [2.45, 2.75) is 69.0 Å². The highest BCUT2D eigenvalue weighted by Crippen LogP contribution is 2.41. The number of ether oxygens (including phenoxy) is 1. The Hall–Kier alpha value is -5.26. The van der Waals surface area contributed by atoms with Crippen molar-refractivity contribution in [1.82, 2.24) is 24.8 Å². The van der Waals surface area contributed by atoms with Gasteiger partial charge in [-0.05, 0) is 63.1 Å². The van der Waals surface area contributed by atoms with Crippen LogP contribution in [0.5, 0.6) is 6.01 Å². The van der Waals surface area contributed by atoms with Gasteiger partial charge in [-0.15, -0.1) is 19.3 Å². The van der Waals surface area contributed by atoms with Gasteiger partial charge in [0.15, 0.2) is 5.82 Å². The summed E-state index contributed by atoms with van der Waals surface area (Å²) in [5.74, 6) is 1.56. The SMILES string of the molecule is C#C.C#Cc1cccc2cccc(-c3ncc4c(N5C[C@H]6CC[C@@H](C5)N6C(=O)CCC(=O)O)nc(OCC56CCCN5CCC6)nc4c3F)c12. The standard InChI is InChI=1S/C37H37FN6O4.C2H2/c1-2-23-7-3-8-24-9-4-10-27(31(23)24)33-32(38)34-28(19-39-33)35(41-36(40-34)48-22-37-15-5-17-43(37)18-6-16-37)42-20-25-11-12-26(21-42)44(25)29(45)13-14-30(46)47;1-2/h1,3-4,7-10,19,25-26H,5-6,11-18,20-22H2,(H,46,47);1-2H/t25-,26+;. The van der Waals surface area contributed by atoms with E-state index in [1.165, 1.54) is 0 Å². The smallest absolute Gasteiger partial charge is 0.319 e. The molecule has 4 saturated heterocycles. The number of carboxylic acid groups (broad SMARTS) is 1. The van der Waals surface area contributed by atoms with Crippen LogP contribution in [0.2, 0.25) is 0 Å². The highest BCUT2D eigenvalue weighted by Gasteiger charge is 2.46. The van der Waals surface area contributed by atoms with E-state index >= 15 is 4.39 Å². The minimum absolute atomic E-state index is 0.0248. The summed E-state index contributed by atoms with van der Waals surface area (Å²) in [6.07, 6.45) is 21.2. The molecule has 256 valence electrons. The molecule has 0 aliphatic carbocycles. The Labute approximate surface area is 290 Å². The van der Waals surface area contributed by atoms with E-state index < -0.39 is 11.8 Å². The predicted octanol–water partition coefficient (Wildman–Crippen LogP) is 5.27. The molecular formula is C39H39FN6O4. The van der Waals surface area contributed by atoms with Gasteiger partial charge in [0.25, 0.3) is 0 Å². The molecule has 6 heterocycles. The van der Waals surface area contributed by atoms with Crippen LogP contribution >= 0.6 is 0 Å². The lowest BCUT2D eigenvalue weighted by atomic mass is 9.95. The number of piperazine rings is 1. The van der Waals surface area contributed by atoms with Gasteiger partial charge in [-0.2, -0.15) is 9.97 Å². The summed E-state index contributed by atoms with van der Waals surface area (Å²) < 4.78 is 23.3. The van der Waals surface area contributed by atoms with Crippen molar-refractivity contribution < 1.29 is 23.8 Å². The summed E-state index contributed by atoms with van der Waals surface area (Å²) >= 11 is 0. The molecule has 0 unspecified atom stereocenters. The van der Waals surface area contributed by atoms with E-state index in [2.05, 4.69) is 33.6 Å². The fraction of sp³-hybridized carbons (Fsp3) is 0.410. The van der Waals surface area contributed by atoms with Crippen molar-refractivity contribution in [3.63, 3.8) is 0 Å².